The Bertz CT molecular complexity index is 1340. The maximum Gasteiger partial charge on any atom is 0.435 e. The molecule has 0 aliphatic rings. The number of ether oxygens (including phenoxy) is 2. The molecule has 0 aliphatic carbocycles. The molecule has 3 rings (SSSR count). The van der Waals surface area contributed by atoms with Gasteiger partial charge in [0.25, 0.3) is 5.91 Å². The van der Waals surface area contributed by atoms with Crippen molar-refractivity contribution >= 4 is 34.7 Å². The van der Waals surface area contributed by atoms with Gasteiger partial charge in [0.2, 0.25) is 5.96 Å². The minimum absolute atomic E-state index is 0.0621. The van der Waals surface area contributed by atoms with Crippen molar-refractivity contribution in [2.24, 2.45) is 4.99 Å². The van der Waals surface area contributed by atoms with Crippen molar-refractivity contribution in [1.82, 2.24) is 15.1 Å². The number of fused-ring (bicyclic) bond motifs is 1. The maximum atomic E-state index is 13.6. The van der Waals surface area contributed by atoms with Gasteiger partial charge in [-0.05, 0) is 50.2 Å². The topological polar surface area (TPSA) is 107 Å². The molecule has 0 bridgehead atoms. The molecule has 3 aromatic rings. The van der Waals surface area contributed by atoms with Crippen LogP contribution in [0.1, 0.15) is 29.8 Å². The molecule has 1 heterocycles. The number of nitrogens with zero attached hydrogens (tertiary/aromatic N) is 3. The summed E-state index contributed by atoms with van der Waals surface area (Å²) in [6.07, 6.45) is -5.72. The van der Waals surface area contributed by atoms with Crippen molar-refractivity contribution in [2.75, 3.05) is 25.6 Å². The van der Waals surface area contributed by atoms with Crippen molar-refractivity contribution in [3.05, 3.63) is 59.2 Å². The summed E-state index contributed by atoms with van der Waals surface area (Å²) in [5.74, 6) is -3.64. The number of benzene rings is 2. The molecule has 0 aliphatic heterocycles. The molecule has 1 atom stereocenters. The number of nitrogens with one attached hydrogen (secondary N) is 2. The van der Waals surface area contributed by atoms with Gasteiger partial charge in [-0.25, -0.2) is 18.6 Å². The molecule has 2 N–H and O–H groups in total. The first-order valence-corrected chi connectivity index (χ1v) is 10.8. The van der Waals surface area contributed by atoms with Crippen LogP contribution in [0, 0.1) is 11.6 Å². The molecule has 37 heavy (non-hydrogen) atoms. The summed E-state index contributed by atoms with van der Waals surface area (Å²) in [6, 6.07) is 4.60. The van der Waals surface area contributed by atoms with Crippen molar-refractivity contribution in [3.8, 4) is 0 Å². The Morgan fingerprint density at radius 3 is 2.49 bits per heavy atom. The number of amides is 1. The third-order valence-electron chi connectivity index (χ3n) is 4.86. The number of carbonyl (C=O) groups is 2. The van der Waals surface area contributed by atoms with Crippen molar-refractivity contribution in [2.45, 2.75) is 26.1 Å². The SMILES string of the molecule is CCOC(=O)n1nc(NC(=NC(C)COC)NC(=O)c2ccc(F)c(F)c2)c2ccc(C(F)(F)F)cc21. The standard InChI is InChI=1S/C23H22F5N5O4/c1-4-37-22(35)33-18-10-14(23(26,27)28)6-7-15(18)19(32-33)30-21(29-12(2)11-36-3)31-20(34)13-5-8-16(24)17(25)9-13/h5-10,12H,4,11H2,1-3H3,(H2,29,30,31,32,34). The van der Waals surface area contributed by atoms with Gasteiger partial charge >= 0.3 is 12.3 Å². The lowest BCUT2D eigenvalue weighted by Crippen LogP contribution is -2.37. The van der Waals surface area contributed by atoms with E-state index < -0.39 is 41.4 Å². The summed E-state index contributed by atoms with van der Waals surface area (Å²) >= 11 is 0. The van der Waals surface area contributed by atoms with E-state index in [0.717, 1.165) is 30.3 Å². The van der Waals surface area contributed by atoms with Crippen LogP contribution >= 0.6 is 0 Å². The van der Waals surface area contributed by atoms with Gasteiger partial charge in [-0.15, -0.1) is 5.10 Å². The van der Waals surface area contributed by atoms with Crippen molar-refractivity contribution in [1.29, 1.82) is 0 Å². The number of carbonyl (C=O) groups excluding carboxylic acids is 2. The number of guanidine groups is 1. The molecular formula is C23H22F5N5O4. The highest BCUT2D eigenvalue weighted by atomic mass is 19.4. The highest BCUT2D eigenvalue weighted by Gasteiger charge is 2.32. The van der Waals surface area contributed by atoms with Crippen LogP contribution in [0.3, 0.4) is 0 Å². The van der Waals surface area contributed by atoms with Gasteiger partial charge in [-0.2, -0.15) is 17.9 Å². The van der Waals surface area contributed by atoms with Crippen LogP contribution in [0.4, 0.5) is 32.6 Å². The fraction of sp³-hybridized carbons (Fsp3) is 0.304. The van der Waals surface area contributed by atoms with Crippen molar-refractivity contribution < 1.29 is 41.0 Å². The van der Waals surface area contributed by atoms with Crippen LogP contribution < -0.4 is 10.6 Å². The highest BCUT2D eigenvalue weighted by Crippen LogP contribution is 2.33. The normalized spacial score (nSPS) is 12.9. The second kappa shape index (κ2) is 11.3. The van der Waals surface area contributed by atoms with Gasteiger partial charge in [0, 0.05) is 18.1 Å². The summed E-state index contributed by atoms with van der Waals surface area (Å²) in [5.41, 5.74) is -1.47. The van der Waals surface area contributed by atoms with E-state index in [4.69, 9.17) is 9.47 Å². The Kier molecular flexibility index (Phi) is 8.42. The summed E-state index contributed by atoms with van der Waals surface area (Å²) in [6.45, 7) is 3.21. The van der Waals surface area contributed by atoms with E-state index in [1.807, 2.05) is 0 Å². The predicted octanol–water partition coefficient (Wildman–Crippen LogP) is 4.57. The van der Waals surface area contributed by atoms with E-state index in [2.05, 4.69) is 20.7 Å². The van der Waals surface area contributed by atoms with Crippen LogP contribution in [0.2, 0.25) is 0 Å². The second-order valence-corrected chi connectivity index (χ2v) is 7.68. The quantitative estimate of drug-likeness (QED) is 0.276. The molecule has 0 saturated heterocycles. The number of halogens is 5. The molecule has 0 spiro atoms. The Morgan fingerprint density at radius 1 is 1.14 bits per heavy atom. The zero-order valence-electron chi connectivity index (χ0n) is 19.8. The minimum Gasteiger partial charge on any atom is -0.448 e. The van der Waals surface area contributed by atoms with Crippen LogP contribution in [-0.2, 0) is 15.7 Å². The van der Waals surface area contributed by atoms with Gasteiger partial charge in [-0.3, -0.25) is 10.1 Å². The van der Waals surface area contributed by atoms with E-state index in [-0.39, 0.29) is 41.5 Å². The van der Waals surface area contributed by atoms with E-state index in [1.165, 1.54) is 14.0 Å². The van der Waals surface area contributed by atoms with Crippen molar-refractivity contribution in [3.63, 3.8) is 0 Å². The molecule has 0 radical (unpaired) electrons. The maximum absolute atomic E-state index is 13.6. The van der Waals surface area contributed by atoms with E-state index >= 15 is 0 Å². The molecule has 2 aromatic carbocycles. The molecular weight excluding hydrogens is 505 g/mol. The van der Waals surface area contributed by atoms with Gasteiger partial charge in [0.15, 0.2) is 17.5 Å². The average Bonchev–Trinajstić information content (AvgIpc) is 3.18. The third-order valence-corrected chi connectivity index (χ3v) is 4.86. The zero-order valence-corrected chi connectivity index (χ0v) is 19.8. The number of anilines is 1. The first kappa shape index (κ1) is 27.5. The number of hydrogen-bond donors (Lipinski definition) is 2. The fourth-order valence-electron chi connectivity index (χ4n) is 3.23. The number of aliphatic imine (C=N–C) groups is 1. The summed E-state index contributed by atoms with van der Waals surface area (Å²) in [5, 5.41) is 9.18. The lowest BCUT2D eigenvalue weighted by Gasteiger charge is -2.13. The Balaban J connectivity index is 2.04. The zero-order chi connectivity index (χ0) is 27.3. The van der Waals surface area contributed by atoms with Crippen LogP contribution in [-0.4, -0.2) is 54.1 Å². The Labute approximate surface area is 207 Å². The fourth-order valence-corrected chi connectivity index (χ4v) is 3.23. The molecule has 14 heteroatoms. The molecule has 1 unspecified atom stereocenters. The number of alkyl halides is 3. The summed E-state index contributed by atoms with van der Waals surface area (Å²) in [7, 11) is 1.42. The third kappa shape index (κ3) is 6.58. The predicted molar refractivity (Wildman–Crippen MR) is 123 cm³/mol. The Hall–Kier alpha value is -4.07. The lowest BCUT2D eigenvalue weighted by atomic mass is 10.1. The molecule has 0 fully saturated rings. The van der Waals surface area contributed by atoms with Gasteiger partial charge in [-0.1, -0.05) is 0 Å². The van der Waals surface area contributed by atoms with Crippen LogP contribution in [0.15, 0.2) is 41.4 Å². The largest absolute Gasteiger partial charge is 0.448 e. The van der Waals surface area contributed by atoms with Gasteiger partial charge in [0.05, 0.1) is 30.3 Å². The number of hydrogen-bond acceptors (Lipinski definition) is 6. The van der Waals surface area contributed by atoms with Crippen LogP contribution in [0.5, 0.6) is 0 Å². The molecule has 9 nitrogen and oxygen atoms in total. The summed E-state index contributed by atoms with van der Waals surface area (Å²) < 4.78 is 77.3. The number of methoxy groups -OCH3 is 1. The highest BCUT2D eigenvalue weighted by molar-refractivity contribution is 6.12. The van der Waals surface area contributed by atoms with E-state index in [9.17, 15) is 31.5 Å². The lowest BCUT2D eigenvalue weighted by molar-refractivity contribution is -0.137. The number of rotatable bonds is 6. The van der Waals surface area contributed by atoms with Gasteiger partial charge < -0.3 is 14.8 Å². The molecule has 1 amide bonds. The second-order valence-electron chi connectivity index (χ2n) is 7.68. The molecule has 1 aromatic heterocycles. The van der Waals surface area contributed by atoms with Crippen LogP contribution in [0.25, 0.3) is 10.9 Å². The average molecular weight is 527 g/mol. The van der Waals surface area contributed by atoms with E-state index in [1.54, 1.807) is 6.92 Å². The minimum atomic E-state index is -4.69. The number of aromatic nitrogens is 2. The Morgan fingerprint density at radius 2 is 1.86 bits per heavy atom. The van der Waals surface area contributed by atoms with Gasteiger partial charge in [0.1, 0.15) is 0 Å². The first-order chi connectivity index (χ1) is 17.4. The van der Waals surface area contributed by atoms with E-state index in [0.29, 0.717) is 10.7 Å². The first-order valence-electron chi connectivity index (χ1n) is 10.8. The monoisotopic (exact) mass is 527 g/mol. The smallest absolute Gasteiger partial charge is 0.435 e. The molecule has 198 valence electrons. The summed E-state index contributed by atoms with van der Waals surface area (Å²) in [4.78, 5) is 29.3. The molecule has 0 saturated carbocycles.